The Morgan fingerprint density at radius 1 is 1.26 bits per heavy atom. The largest absolute Gasteiger partial charge is 0.496 e. The number of methoxy groups -OCH3 is 1. The Balaban J connectivity index is 1.68. The molecular weight excluding hydrogens is 290 g/mol. The zero-order chi connectivity index (χ0) is 16.2. The minimum Gasteiger partial charge on any atom is -0.496 e. The molecule has 0 aliphatic heterocycles. The third-order valence-corrected chi connectivity index (χ3v) is 3.85. The first kappa shape index (κ1) is 15.1. The number of pyridine rings is 1. The number of carbonyl (C=O) groups is 1. The maximum Gasteiger partial charge on any atom is 0.255 e. The van der Waals surface area contributed by atoms with Crippen molar-refractivity contribution in [3.05, 3.63) is 59.9 Å². The van der Waals surface area contributed by atoms with Gasteiger partial charge in [0.15, 0.2) is 0 Å². The van der Waals surface area contributed by atoms with Gasteiger partial charge in [-0.15, -0.1) is 0 Å². The molecule has 0 unspecified atom stereocenters. The minimum absolute atomic E-state index is 0.124. The van der Waals surface area contributed by atoms with Gasteiger partial charge in [-0.25, -0.2) is 4.98 Å². The summed E-state index contributed by atoms with van der Waals surface area (Å²) in [5, 5.41) is 4.07. The average Bonchev–Trinajstić information content (AvgIpc) is 2.91. The zero-order valence-corrected chi connectivity index (χ0v) is 13.2. The lowest BCUT2D eigenvalue weighted by molar-refractivity contribution is 0.0951. The van der Waals surface area contributed by atoms with Crippen molar-refractivity contribution in [3.63, 3.8) is 0 Å². The average molecular weight is 309 g/mol. The van der Waals surface area contributed by atoms with Gasteiger partial charge >= 0.3 is 0 Å². The molecule has 2 heterocycles. The second-order valence-corrected chi connectivity index (χ2v) is 5.35. The number of nitrogens with one attached hydrogen (secondary N) is 1. The molecule has 0 radical (unpaired) electrons. The van der Waals surface area contributed by atoms with Crippen LogP contribution in [0, 0.1) is 0 Å². The monoisotopic (exact) mass is 309 g/mol. The molecule has 1 aromatic carbocycles. The van der Waals surface area contributed by atoms with Gasteiger partial charge in [-0.3, -0.25) is 4.79 Å². The van der Waals surface area contributed by atoms with Crippen molar-refractivity contribution < 1.29 is 9.53 Å². The molecule has 23 heavy (non-hydrogen) atoms. The van der Waals surface area contributed by atoms with E-state index in [4.69, 9.17) is 4.74 Å². The van der Waals surface area contributed by atoms with E-state index in [1.807, 2.05) is 29.8 Å². The molecule has 1 amide bonds. The number of aryl methyl sites for hydroxylation is 1. The topological polar surface area (TPSA) is 56.1 Å². The molecule has 3 rings (SSSR count). The predicted molar refractivity (Wildman–Crippen MR) is 89.7 cm³/mol. The van der Waals surface area contributed by atoms with Gasteiger partial charge in [0.05, 0.1) is 12.7 Å². The second-order valence-electron chi connectivity index (χ2n) is 5.35. The summed E-state index contributed by atoms with van der Waals surface area (Å²) in [7, 11) is 3.54. The number of aromatic nitrogens is 2. The third-order valence-electron chi connectivity index (χ3n) is 3.85. The summed E-state index contributed by atoms with van der Waals surface area (Å²) in [5.41, 5.74) is 2.68. The number of hydrogen-bond donors (Lipinski definition) is 1. The number of fused-ring (bicyclic) bond motifs is 1. The third kappa shape index (κ3) is 3.04. The normalized spacial score (nSPS) is 10.7. The first-order valence-electron chi connectivity index (χ1n) is 7.51. The quantitative estimate of drug-likeness (QED) is 0.788. The molecular formula is C18H19N3O2. The van der Waals surface area contributed by atoms with Crippen molar-refractivity contribution in [1.29, 1.82) is 0 Å². The maximum atomic E-state index is 12.3. The van der Waals surface area contributed by atoms with E-state index in [0.29, 0.717) is 17.9 Å². The predicted octanol–water partition coefficient (Wildman–Crippen LogP) is 2.55. The fourth-order valence-electron chi connectivity index (χ4n) is 2.73. The molecule has 5 heteroatoms. The van der Waals surface area contributed by atoms with Gasteiger partial charge in [0.25, 0.3) is 5.91 Å². The van der Waals surface area contributed by atoms with Crippen LogP contribution in [0.4, 0.5) is 0 Å². The summed E-state index contributed by atoms with van der Waals surface area (Å²) in [6, 6.07) is 11.2. The van der Waals surface area contributed by atoms with Crippen LogP contribution in [0.5, 0.6) is 5.75 Å². The van der Waals surface area contributed by atoms with E-state index in [1.54, 1.807) is 25.4 Å². The van der Waals surface area contributed by atoms with Crippen LogP contribution in [0.15, 0.2) is 48.8 Å². The highest BCUT2D eigenvalue weighted by Crippen LogP contribution is 2.19. The Kier molecular flexibility index (Phi) is 4.28. The molecule has 2 aromatic heterocycles. The number of hydrogen-bond acceptors (Lipinski definition) is 3. The van der Waals surface area contributed by atoms with Gasteiger partial charge in [-0.2, -0.15) is 0 Å². The fraction of sp³-hybridized carbons (Fsp3) is 0.222. The van der Waals surface area contributed by atoms with E-state index in [9.17, 15) is 4.79 Å². The van der Waals surface area contributed by atoms with Gasteiger partial charge in [-0.1, -0.05) is 12.1 Å². The van der Waals surface area contributed by atoms with E-state index in [0.717, 1.165) is 17.5 Å². The summed E-state index contributed by atoms with van der Waals surface area (Å²) in [4.78, 5) is 16.6. The number of para-hydroxylation sites is 1. The highest BCUT2D eigenvalue weighted by Gasteiger charge is 2.12. The van der Waals surface area contributed by atoms with E-state index < -0.39 is 0 Å². The van der Waals surface area contributed by atoms with Crippen molar-refractivity contribution in [2.75, 3.05) is 13.7 Å². The number of amides is 1. The van der Waals surface area contributed by atoms with Crippen molar-refractivity contribution in [2.24, 2.45) is 7.05 Å². The summed E-state index contributed by atoms with van der Waals surface area (Å²) >= 11 is 0. The standard InChI is InChI=1S/C18H19N3O2/c1-21-12-13(14-7-5-10-19-17(14)21)9-11-20-18(22)15-6-3-4-8-16(15)23-2/h3-8,10,12H,9,11H2,1-2H3,(H,20,22). The van der Waals surface area contributed by atoms with Crippen LogP contribution in [-0.4, -0.2) is 29.1 Å². The Bertz CT molecular complexity index is 839. The van der Waals surface area contributed by atoms with E-state index >= 15 is 0 Å². The zero-order valence-electron chi connectivity index (χ0n) is 13.2. The number of rotatable bonds is 5. The summed E-state index contributed by atoms with van der Waals surface area (Å²) in [5.74, 6) is 0.458. The Morgan fingerprint density at radius 3 is 2.91 bits per heavy atom. The van der Waals surface area contributed by atoms with E-state index in [2.05, 4.69) is 22.6 Å². The molecule has 0 saturated carbocycles. The van der Waals surface area contributed by atoms with Crippen LogP contribution in [0.3, 0.4) is 0 Å². The number of benzene rings is 1. The van der Waals surface area contributed by atoms with Crippen LogP contribution in [0.25, 0.3) is 11.0 Å². The smallest absolute Gasteiger partial charge is 0.255 e. The van der Waals surface area contributed by atoms with Gasteiger partial charge in [0.1, 0.15) is 11.4 Å². The lowest BCUT2D eigenvalue weighted by atomic mass is 10.1. The highest BCUT2D eigenvalue weighted by atomic mass is 16.5. The highest BCUT2D eigenvalue weighted by molar-refractivity contribution is 5.96. The summed E-state index contributed by atoms with van der Waals surface area (Å²) in [6.07, 6.45) is 4.60. The molecule has 0 saturated heterocycles. The van der Waals surface area contributed by atoms with Crippen molar-refractivity contribution in [1.82, 2.24) is 14.9 Å². The van der Waals surface area contributed by atoms with Gasteiger partial charge in [0, 0.05) is 31.4 Å². The lowest BCUT2D eigenvalue weighted by Crippen LogP contribution is -2.26. The number of ether oxygens (including phenoxy) is 1. The Morgan fingerprint density at radius 2 is 2.09 bits per heavy atom. The van der Waals surface area contributed by atoms with Crippen LogP contribution >= 0.6 is 0 Å². The van der Waals surface area contributed by atoms with E-state index in [-0.39, 0.29) is 5.91 Å². The number of nitrogens with zero attached hydrogens (tertiary/aromatic N) is 2. The summed E-state index contributed by atoms with van der Waals surface area (Å²) < 4.78 is 7.23. The second kappa shape index (κ2) is 6.52. The van der Waals surface area contributed by atoms with Crippen molar-refractivity contribution >= 4 is 16.9 Å². The molecule has 0 atom stereocenters. The first-order valence-corrected chi connectivity index (χ1v) is 7.51. The van der Waals surface area contributed by atoms with Gasteiger partial charge < -0.3 is 14.6 Å². The van der Waals surface area contributed by atoms with Crippen LogP contribution < -0.4 is 10.1 Å². The molecule has 0 aliphatic carbocycles. The molecule has 0 bridgehead atoms. The summed E-state index contributed by atoms with van der Waals surface area (Å²) in [6.45, 7) is 0.560. The van der Waals surface area contributed by atoms with Crippen molar-refractivity contribution in [3.8, 4) is 5.75 Å². The van der Waals surface area contributed by atoms with Crippen molar-refractivity contribution in [2.45, 2.75) is 6.42 Å². The minimum atomic E-state index is -0.124. The fourth-order valence-corrected chi connectivity index (χ4v) is 2.73. The molecule has 0 fully saturated rings. The molecule has 3 aromatic rings. The molecule has 118 valence electrons. The maximum absolute atomic E-state index is 12.3. The number of carbonyl (C=O) groups excluding carboxylic acids is 1. The van der Waals surface area contributed by atoms with Gasteiger partial charge in [-0.05, 0) is 36.2 Å². The van der Waals surface area contributed by atoms with Crippen LogP contribution in [0.2, 0.25) is 0 Å². The van der Waals surface area contributed by atoms with Crippen LogP contribution in [-0.2, 0) is 13.5 Å². The van der Waals surface area contributed by atoms with E-state index in [1.165, 1.54) is 5.56 Å². The molecule has 0 spiro atoms. The Labute approximate surface area is 134 Å². The molecule has 5 nitrogen and oxygen atoms in total. The molecule has 0 aliphatic rings. The SMILES string of the molecule is COc1ccccc1C(=O)NCCc1cn(C)c2ncccc12. The van der Waals surface area contributed by atoms with Gasteiger partial charge in [0.2, 0.25) is 0 Å². The first-order chi connectivity index (χ1) is 11.2. The lowest BCUT2D eigenvalue weighted by Gasteiger charge is -2.08. The Hall–Kier alpha value is -2.82. The van der Waals surface area contributed by atoms with Crippen LogP contribution in [0.1, 0.15) is 15.9 Å². The molecule has 1 N–H and O–H groups in total.